The van der Waals surface area contributed by atoms with Gasteiger partial charge in [0.25, 0.3) is 0 Å². The van der Waals surface area contributed by atoms with Crippen molar-refractivity contribution in [2.24, 2.45) is 17.8 Å². The molecule has 23 heavy (non-hydrogen) atoms. The normalized spacial score (nSPS) is 26.8. The molecule has 124 valence electrons. The zero-order chi connectivity index (χ0) is 16.4. The van der Waals surface area contributed by atoms with Gasteiger partial charge in [0.05, 0.1) is 0 Å². The lowest BCUT2D eigenvalue weighted by Gasteiger charge is -2.28. The van der Waals surface area contributed by atoms with Gasteiger partial charge in [-0.3, -0.25) is 9.59 Å². The van der Waals surface area contributed by atoms with E-state index in [1.165, 1.54) is 25.7 Å². The monoisotopic (exact) mass is 334 g/mol. The predicted molar refractivity (Wildman–Crippen MR) is 89.8 cm³/mol. The van der Waals surface area contributed by atoms with E-state index in [-0.39, 0.29) is 12.6 Å². The van der Waals surface area contributed by atoms with Gasteiger partial charge >= 0.3 is 11.8 Å². The van der Waals surface area contributed by atoms with Crippen LogP contribution in [0.2, 0.25) is 5.02 Å². The van der Waals surface area contributed by atoms with Gasteiger partial charge in [0.15, 0.2) is 0 Å². The van der Waals surface area contributed by atoms with Crippen LogP contribution in [-0.4, -0.2) is 17.9 Å². The first kappa shape index (κ1) is 16.3. The SMILES string of the molecule is CC(NC(=O)C(=O)NCc1ccccc1Cl)C1CC2CCC1C2. The van der Waals surface area contributed by atoms with E-state index in [2.05, 4.69) is 10.6 Å². The number of hydrogen-bond acceptors (Lipinski definition) is 2. The lowest BCUT2D eigenvalue weighted by Crippen LogP contribution is -2.46. The van der Waals surface area contributed by atoms with Crippen molar-refractivity contribution in [3.8, 4) is 0 Å². The molecule has 1 aromatic rings. The number of rotatable bonds is 4. The second-order valence-corrected chi connectivity index (χ2v) is 7.28. The molecule has 0 saturated heterocycles. The van der Waals surface area contributed by atoms with Gasteiger partial charge in [0.2, 0.25) is 0 Å². The molecule has 2 bridgehead atoms. The van der Waals surface area contributed by atoms with Crippen molar-refractivity contribution in [3.05, 3.63) is 34.9 Å². The molecular formula is C18H23ClN2O2. The summed E-state index contributed by atoms with van der Waals surface area (Å²) < 4.78 is 0. The maximum atomic E-state index is 12.1. The Labute approximate surface area is 142 Å². The number of benzene rings is 1. The Bertz CT molecular complexity index is 604. The largest absolute Gasteiger partial charge is 0.345 e. The lowest BCUT2D eigenvalue weighted by atomic mass is 9.84. The van der Waals surface area contributed by atoms with Crippen LogP contribution >= 0.6 is 11.6 Å². The van der Waals surface area contributed by atoms with Crippen LogP contribution in [0.25, 0.3) is 0 Å². The van der Waals surface area contributed by atoms with Crippen LogP contribution < -0.4 is 10.6 Å². The second kappa shape index (κ2) is 6.91. The van der Waals surface area contributed by atoms with E-state index in [1.807, 2.05) is 25.1 Å². The molecule has 3 rings (SSSR count). The highest BCUT2D eigenvalue weighted by atomic mass is 35.5. The molecule has 0 aliphatic heterocycles. The van der Waals surface area contributed by atoms with Crippen LogP contribution in [0.1, 0.15) is 38.2 Å². The molecule has 2 amide bonds. The van der Waals surface area contributed by atoms with Crippen molar-refractivity contribution in [1.29, 1.82) is 0 Å². The van der Waals surface area contributed by atoms with Crippen molar-refractivity contribution < 1.29 is 9.59 Å². The van der Waals surface area contributed by atoms with Gasteiger partial charge in [-0.2, -0.15) is 0 Å². The molecule has 4 atom stereocenters. The molecule has 0 heterocycles. The Morgan fingerprint density at radius 3 is 2.65 bits per heavy atom. The third-order valence-electron chi connectivity index (χ3n) is 5.40. The van der Waals surface area contributed by atoms with E-state index in [0.717, 1.165) is 17.4 Å². The van der Waals surface area contributed by atoms with E-state index < -0.39 is 11.8 Å². The number of amides is 2. The number of carbonyl (C=O) groups is 2. The van der Waals surface area contributed by atoms with Crippen LogP contribution in [0.5, 0.6) is 0 Å². The number of hydrogen-bond donors (Lipinski definition) is 2. The highest BCUT2D eigenvalue weighted by Gasteiger charge is 2.42. The molecule has 4 nitrogen and oxygen atoms in total. The van der Waals surface area contributed by atoms with Crippen molar-refractivity contribution in [1.82, 2.24) is 10.6 Å². The predicted octanol–water partition coefficient (Wildman–Crippen LogP) is 2.90. The minimum absolute atomic E-state index is 0.0591. The Morgan fingerprint density at radius 2 is 2.00 bits per heavy atom. The Kier molecular flexibility index (Phi) is 4.90. The third kappa shape index (κ3) is 3.69. The Morgan fingerprint density at radius 1 is 1.22 bits per heavy atom. The van der Waals surface area contributed by atoms with Gasteiger partial charge in [0, 0.05) is 17.6 Å². The molecule has 2 saturated carbocycles. The van der Waals surface area contributed by atoms with Crippen LogP contribution in [0.15, 0.2) is 24.3 Å². The molecule has 0 radical (unpaired) electrons. The van der Waals surface area contributed by atoms with Gasteiger partial charge < -0.3 is 10.6 Å². The van der Waals surface area contributed by atoms with Gasteiger partial charge in [-0.1, -0.05) is 36.2 Å². The minimum Gasteiger partial charge on any atom is -0.345 e. The van der Waals surface area contributed by atoms with Crippen LogP contribution in [0.3, 0.4) is 0 Å². The highest BCUT2D eigenvalue weighted by molar-refractivity contribution is 6.35. The van der Waals surface area contributed by atoms with Crippen LogP contribution in [0.4, 0.5) is 0 Å². The van der Waals surface area contributed by atoms with E-state index in [9.17, 15) is 9.59 Å². The Hall–Kier alpha value is -1.55. The van der Waals surface area contributed by atoms with Gasteiger partial charge in [-0.15, -0.1) is 0 Å². The van der Waals surface area contributed by atoms with E-state index in [0.29, 0.717) is 10.9 Å². The summed E-state index contributed by atoms with van der Waals surface area (Å²) in [7, 11) is 0. The summed E-state index contributed by atoms with van der Waals surface area (Å²) in [5, 5.41) is 6.09. The number of nitrogens with one attached hydrogen (secondary N) is 2. The number of fused-ring (bicyclic) bond motifs is 2. The summed E-state index contributed by atoms with van der Waals surface area (Å²) >= 11 is 6.04. The quantitative estimate of drug-likeness (QED) is 0.832. The molecule has 1 aromatic carbocycles. The lowest BCUT2D eigenvalue weighted by molar-refractivity contribution is -0.140. The molecule has 5 heteroatoms. The summed E-state index contributed by atoms with van der Waals surface area (Å²) in [5.74, 6) is 0.932. The standard InChI is InChI=1S/C18H23ClN2O2/c1-11(15-9-12-6-7-13(15)8-12)21-18(23)17(22)20-10-14-4-2-3-5-16(14)19/h2-5,11-13,15H,6-10H2,1H3,(H,20,22)(H,21,23). The number of halogens is 1. The minimum atomic E-state index is -0.597. The Balaban J connectivity index is 1.48. The molecule has 2 aliphatic rings. The smallest absolute Gasteiger partial charge is 0.309 e. The third-order valence-corrected chi connectivity index (χ3v) is 5.77. The summed E-state index contributed by atoms with van der Waals surface area (Å²) in [5.41, 5.74) is 0.802. The van der Waals surface area contributed by atoms with Crippen molar-refractivity contribution in [3.63, 3.8) is 0 Å². The summed E-state index contributed by atoms with van der Waals surface area (Å²) in [4.78, 5) is 24.0. The molecule has 2 aliphatic carbocycles. The zero-order valence-corrected chi connectivity index (χ0v) is 14.1. The first-order valence-corrected chi connectivity index (χ1v) is 8.74. The number of carbonyl (C=O) groups excluding carboxylic acids is 2. The van der Waals surface area contributed by atoms with Crippen molar-refractivity contribution >= 4 is 23.4 Å². The molecule has 0 aromatic heterocycles. The van der Waals surface area contributed by atoms with Gasteiger partial charge in [-0.05, 0) is 55.6 Å². The van der Waals surface area contributed by atoms with Crippen LogP contribution in [0, 0.1) is 17.8 Å². The van der Waals surface area contributed by atoms with Crippen molar-refractivity contribution in [2.45, 2.75) is 45.2 Å². The fourth-order valence-corrected chi connectivity index (χ4v) is 4.39. The van der Waals surface area contributed by atoms with Gasteiger partial charge in [0.1, 0.15) is 0 Å². The van der Waals surface area contributed by atoms with Crippen LogP contribution in [-0.2, 0) is 16.1 Å². The molecule has 4 unspecified atom stereocenters. The molecule has 2 fully saturated rings. The topological polar surface area (TPSA) is 58.2 Å². The molecular weight excluding hydrogens is 312 g/mol. The summed E-state index contributed by atoms with van der Waals surface area (Å²) in [6.45, 7) is 2.28. The average Bonchev–Trinajstić information content (AvgIpc) is 3.16. The van der Waals surface area contributed by atoms with E-state index in [1.54, 1.807) is 6.07 Å². The molecule has 2 N–H and O–H groups in total. The first-order chi connectivity index (χ1) is 11.0. The van der Waals surface area contributed by atoms with Crippen molar-refractivity contribution in [2.75, 3.05) is 0 Å². The summed E-state index contributed by atoms with van der Waals surface area (Å²) in [6.07, 6.45) is 5.09. The maximum Gasteiger partial charge on any atom is 0.309 e. The fraction of sp³-hybridized carbons (Fsp3) is 0.556. The zero-order valence-electron chi connectivity index (χ0n) is 13.3. The maximum absolute atomic E-state index is 12.1. The van der Waals surface area contributed by atoms with E-state index >= 15 is 0 Å². The second-order valence-electron chi connectivity index (χ2n) is 6.87. The summed E-state index contributed by atoms with van der Waals surface area (Å²) in [6, 6.07) is 7.34. The fourth-order valence-electron chi connectivity index (χ4n) is 4.18. The first-order valence-electron chi connectivity index (χ1n) is 8.36. The van der Waals surface area contributed by atoms with E-state index in [4.69, 9.17) is 11.6 Å². The highest BCUT2D eigenvalue weighted by Crippen LogP contribution is 2.49. The van der Waals surface area contributed by atoms with Gasteiger partial charge in [-0.25, -0.2) is 0 Å². The average molecular weight is 335 g/mol. The molecule has 0 spiro atoms.